The van der Waals surface area contributed by atoms with Gasteiger partial charge in [-0.3, -0.25) is 0 Å². The summed E-state index contributed by atoms with van der Waals surface area (Å²) in [5.74, 6) is 0. The van der Waals surface area contributed by atoms with Crippen LogP contribution in [0.3, 0.4) is 0 Å². The van der Waals surface area contributed by atoms with Gasteiger partial charge >= 0.3 is 0 Å². The second-order valence-corrected chi connectivity index (χ2v) is 6.15. The van der Waals surface area contributed by atoms with E-state index in [1.165, 1.54) is 53.5 Å². The highest BCUT2D eigenvalue weighted by molar-refractivity contribution is 5.32. The summed E-state index contributed by atoms with van der Waals surface area (Å²) < 4.78 is 0. The van der Waals surface area contributed by atoms with Crippen LogP contribution in [0.5, 0.6) is 0 Å². The number of hydrogen-bond acceptors (Lipinski definition) is 0. The van der Waals surface area contributed by atoms with E-state index in [9.17, 15) is 0 Å². The van der Waals surface area contributed by atoms with Gasteiger partial charge in [-0.1, -0.05) is 74.7 Å². The Morgan fingerprint density at radius 1 is 0.619 bits per heavy atom. The summed E-state index contributed by atoms with van der Waals surface area (Å²) in [7, 11) is 0. The SMILES string of the molecule is CCCc1cc(CCC)cc(CCc2cccc(C)c2)c1. The van der Waals surface area contributed by atoms with E-state index in [2.05, 4.69) is 63.2 Å². The maximum Gasteiger partial charge on any atom is -0.0238 e. The van der Waals surface area contributed by atoms with Crippen LogP contribution in [-0.2, 0) is 25.7 Å². The van der Waals surface area contributed by atoms with E-state index < -0.39 is 0 Å². The van der Waals surface area contributed by atoms with Gasteiger partial charge in [-0.25, -0.2) is 0 Å². The molecule has 0 radical (unpaired) electrons. The molecule has 0 saturated heterocycles. The van der Waals surface area contributed by atoms with E-state index in [0.717, 1.165) is 12.8 Å². The van der Waals surface area contributed by atoms with Crippen molar-refractivity contribution >= 4 is 0 Å². The summed E-state index contributed by atoms with van der Waals surface area (Å²) >= 11 is 0. The molecule has 0 aliphatic carbocycles. The summed E-state index contributed by atoms with van der Waals surface area (Å²) in [5, 5.41) is 0. The Morgan fingerprint density at radius 3 is 1.67 bits per heavy atom. The highest BCUT2D eigenvalue weighted by Crippen LogP contribution is 2.16. The van der Waals surface area contributed by atoms with Crippen molar-refractivity contribution in [1.82, 2.24) is 0 Å². The van der Waals surface area contributed by atoms with Crippen LogP contribution in [0, 0.1) is 6.92 Å². The van der Waals surface area contributed by atoms with Crippen molar-refractivity contribution in [2.45, 2.75) is 59.3 Å². The molecule has 112 valence electrons. The molecule has 2 aromatic rings. The molecular weight excluding hydrogens is 252 g/mol. The third-order valence-corrected chi connectivity index (χ3v) is 3.97. The van der Waals surface area contributed by atoms with E-state index in [1.807, 2.05) is 0 Å². The largest absolute Gasteiger partial charge is 0.0651 e. The van der Waals surface area contributed by atoms with Crippen molar-refractivity contribution < 1.29 is 0 Å². The van der Waals surface area contributed by atoms with Crippen LogP contribution in [0.2, 0.25) is 0 Å². The van der Waals surface area contributed by atoms with Gasteiger partial charge in [0.05, 0.1) is 0 Å². The molecule has 0 heterocycles. The zero-order valence-electron chi connectivity index (χ0n) is 13.8. The van der Waals surface area contributed by atoms with E-state index in [4.69, 9.17) is 0 Å². The van der Waals surface area contributed by atoms with Crippen LogP contribution in [0.25, 0.3) is 0 Å². The second kappa shape index (κ2) is 8.02. The molecule has 2 aromatic carbocycles. The summed E-state index contributed by atoms with van der Waals surface area (Å²) in [6, 6.07) is 16.1. The van der Waals surface area contributed by atoms with Crippen molar-refractivity contribution in [1.29, 1.82) is 0 Å². The number of hydrogen-bond donors (Lipinski definition) is 0. The first-order chi connectivity index (χ1) is 10.2. The molecule has 0 fully saturated rings. The van der Waals surface area contributed by atoms with Crippen LogP contribution < -0.4 is 0 Å². The van der Waals surface area contributed by atoms with Gasteiger partial charge in [0.15, 0.2) is 0 Å². The number of aryl methyl sites for hydroxylation is 5. The summed E-state index contributed by atoms with van der Waals surface area (Å²) in [5.41, 5.74) is 7.35. The highest BCUT2D eigenvalue weighted by Gasteiger charge is 2.02. The highest BCUT2D eigenvalue weighted by atomic mass is 14.1. The van der Waals surface area contributed by atoms with Crippen molar-refractivity contribution in [2.24, 2.45) is 0 Å². The molecule has 0 amide bonds. The molecule has 0 heteroatoms. The van der Waals surface area contributed by atoms with E-state index in [-0.39, 0.29) is 0 Å². The first-order valence-electron chi connectivity index (χ1n) is 8.38. The Labute approximate surface area is 130 Å². The topological polar surface area (TPSA) is 0 Å². The molecule has 0 unspecified atom stereocenters. The summed E-state index contributed by atoms with van der Waals surface area (Å²) in [6.45, 7) is 6.70. The van der Waals surface area contributed by atoms with Crippen LogP contribution in [0.15, 0.2) is 42.5 Å². The first-order valence-corrected chi connectivity index (χ1v) is 8.38. The normalized spacial score (nSPS) is 10.8. The van der Waals surface area contributed by atoms with Crippen molar-refractivity contribution in [2.75, 3.05) is 0 Å². The lowest BCUT2D eigenvalue weighted by Crippen LogP contribution is -1.97. The van der Waals surface area contributed by atoms with Crippen molar-refractivity contribution in [3.8, 4) is 0 Å². The van der Waals surface area contributed by atoms with Crippen LogP contribution >= 0.6 is 0 Å². The van der Waals surface area contributed by atoms with Gasteiger partial charge in [0.1, 0.15) is 0 Å². The molecule has 0 atom stereocenters. The Morgan fingerprint density at radius 2 is 1.14 bits per heavy atom. The third-order valence-electron chi connectivity index (χ3n) is 3.97. The van der Waals surface area contributed by atoms with E-state index in [0.29, 0.717) is 0 Å². The Hall–Kier alpha value is -1.56. The minimum Gasteiger partial charge on any atom is -0.0651 e. The fourth-order valence-corrected chi connectivity index (χ4v) is 3.01. The summed E-state index contributed by atoms with van der Waals surface area (Å²) in [6.07, 6.45) is 7.16. The number of benzene rings is 2. The molecule has 0 aliphatic rings. The fourth-order valence-electron chi connectivity index (χ4n) is 3.01. The Balaban J connectivity index is 2.10. The van der Waals surface area contributed by atoms with Gasteiger partial charge in [-0.05, 0) is 54.9 Å². The zero-order valence-corrected chi connectivity index (χ0v) is 13.8. The Bertz CT molecular complexity index is 542. The average molecular weight is 280 g/mol. The van der Waals surface area contributed by atoms with E-state index >= 15 is 0 Å². The lowest BCUT2D eigenvalue weighted by molar-refractivity contribution is 0.878. The van der Waals surface area contributed by atoms with Gasteiger partial charge in [-0.15, -0.1) is 0 Å². The first kappa shape index (κ1) is 15.8. The van der Waals surface area contributed by atoms with Gasteiger partial charge < -0.3 is 0 Å². The maximum atomic E-state index is 2.42. The summed E-state index contributed by atoms with van der Waals surface area (Å²) in [4.78, 5) is 0. The molecule has 0 bridgehead atoms. The minimum absolute atomic E-state index is 1.14. The number of rotatable bonds is 7. The van der Waals surface area contributed by atoms with E-state index in [1.54, 1.807) is 0 Å². The fraction of sp³-hybridized carbons (Fsp3) is 0.429. The molecule has 0 aromatic heterocycles. The van der Waals surface area contributed by atoms with Crippen molar-refractivity contribution in [3.63, 3.8) is 0 Å². The molecular formula is C21H28. The predicted octanol–water partition coefficient (Wildman–Crippen LogP) is 5.69. The van der Waals surface area contributed by atoms with Gasteiger partial charge in [-0.2, -0.15) is 0 Å². The second-order valence-electron chi connectivity index (χ2n) is 6.15. The predicted molar refractivity (Wildman–Crippen MR) is 93.0 cm³/mol. The monoisotopic (exact) mass is 280 g/mol. The van der Waals surface area contributed by atoms with Crippen LogP contribution in [0.1, 0.15) is 54.5 Å². The minimum atomic E-state index is 1.14. The molecule has 0 aliphatic heterocycles. The van der Waals surface area contributed by atoms with Crippen molar-refractivity contribution in [3.05, 3.63) is 70.3 Å². The molecule has 2 rings (SSSR count). The third kappa shape index (κ3) is 5.04. The lowest BCUT2D eigenvalue weighted by Gasteiger charge is -2.10. The maximum absolute atomic E-state index is 2.42. The zero-order chi connectivity index (χ0) is 15.1. The smallest absolute Gasteiger partial charge is 0.0238 e. The van der Waals surface area contributed by atoms with Gasteiger partial charge in [0.2, 0.25) is 0 Å². The molecule has 0 saturated carbocycles. The van der Waals surface area contributed by atoms with Gasteiger partial charge in [0, 0.05) is 0 Å². The molecule has 0 N–H and O–H groups in total. The van der Waals surface area contributed by atoms with Crippen LogP contribution in [-0.4, -0.2) is 0 Å². The molecule has 0 spiro atoms. The standard InChI is InChI=1S/C21H28/c1-4-7-19-14-20(8-5-2)16-21(15-19)12-11-18-10-6-9-17(3)13-18/h6,9-10,13-16H,4-5,7-8,11-12H2,1-3H3. The molecule has 0 nitrogen and oxygen atoms in total. The molecule has 21 heavy (non-hydrogen) atoms. The van der Waals surface area contributed by atoms with Gasteiger partial charge in [0.25, 0.3) is 0 Å². The Kier molecular flexibility index (Phi) is 6.04. The average Bonchev–Trinajstić information content (AvgIpc) is 2.46. The lowest BCUT2D eigenvalue weighted by atomic mass is 9.96. The quantitative estimate of drug-likeness (QED) is 0.611. The van der Waals surface area contributed by atoms with Crippen LogP contribution in [0.4, 0.5) is 0 Å².